The van der Waals surface area contributed by atoms with E-state index in [-0.39, 0.29) is 34.9 Å². The van der Waals surface area contributed by atoms with Crippen LogP contribution in [0, 0.1) is 0 Å². The number of phenolic OH excluding ortho intramolecular Hbond substituents is 1. The third-order valence-corrected chi connectivity index (χ3v) is 16.3. The minimum atomic E-state index is -3.63. The van der Waals surface area contributed by atoms with Crippen LogP contribution in [0.2, 0.25) is 23.2 Å². The molecule has 1 aliphatic rings. The lowest BCUT2D eigenvalue weighted by molar-refractivity contribution is -0.116. The van der Waals surface area contributed by atoms with Crippen molar-refractivity contribution >= 4 is 59.0 Å². The predicted molar refractivity (Wildman–Crippen MR) is 242 cm³/mol. The second kappa shape index (κ2) is 20.3. The number of rotatable bonds is 17. The standard InChI is InChI=1S/C44H58ClN5O8SSi/c1-44(2,3)60(6,7)58-41(31-17-18-39(51)38(26-31)49-59(5,54)55)29-46-28-32-25-35(45)37(27-40(32)56-4)47-42(52)21-24-50-22-19-33(20-23-50)57-43(53)48-36-16-12-11-15-34(36)30-13-9-8-10-14-30/h8-18,25-27,33,41,46,49,51H,19-24,28-29H2,1-7H3,(H,47,52)(H,48,53)/t41-/m0/s1. The van der Waals surface area contributed by atoms with Crippen LogP contribution in [0.25, 0.3) is 11.1 Å². The van der Waals surface area contributed by atoms with Gasteiger partial charge in [0.05, 0.1) is 41.6 Å². The second-order valence-electron chi connectivity index (χ2n) is 16.6. The highest BCUT2D eigenvalue weighted by molar-refractivity contribution is 7.92. The van der Waals surface area contributed by atoms with Gasteiger partial charge in [0.15, 0.2) is 8.32 Å². The summed E-state index contributed by atoms with van der Waals surface area (Å²) in [5, 5.41) is 19.9. The van der Waals surface area contributed by atoms with Gasteiger partial charge in [-0.05, 0) is 66.4 Å². The van der Waals surface area contributed by atoms with E-state index in [9.17, 15) is 23.1 Å². The highest BCUT2D eigenvalue weighted by Crippen LogP contribution is 2.41. The van der Waals surface area contributed by atoms with Crippen molar-refractivity contribution in [1.29, 1.82) is 0 Å². The molecule has 1 saturated heterocycles. The number of phenols is 1. The number of hydrogen-bond acceptors (Lipinski definition) is 10. The average Bonchev–Trinajstić information content (AvgIpc) is 3.18. The molecule has 16 heteroatoms. The molecule has 0 unspecified atom stereocenters. The average molecular weight is 881 g/mol. The van der Waals surface area contributed by atoms with Gasteiger partial charge in [-0.3, -0.25) is 14.8 Å². The van der Waals surface area contributed by atoms with E-state index in [0.29, 0.717) is 73.3 Å². The normalized spacial score (nSPS) is 14.6. The van der Waals surface area contributed by atoms with E-state index in [1.54, 1.807) is 31.4 Å². The largest absolute Gasteiger partial charge is 0.506 e. The Morgan fingerprint density at radius 1 is 0.933 bits per heavy atom. The Labute approximate surface area is 360 Å². The third kappa shape index (κ3) is 13.2. The number of aromatic hydroxyl groups is 1. The molecule has 0 aromatic heterocycles. The van der Waals surface area contributed by atoms with Gasteiger partial charge < -0.3 is 34.5 Å². The maximum absolute atomic E-state index is 13.1. The van der Waals surface area contributed by atoms with Crippen molar-refractivity contribution < 1.29 is 37.0 Å². The number of carbonyl (C=O) groups is 2. The zero-order valence-corrected chi connectivity index (χ0v) is 38.0. The summed E-state index contributed by atoms with van der Waals surface area (Å²) in [5.74, 6) is 0.150. The molecule has 1 aliphatic heterocycles. The number of amides is 2. The van der Waals surface area contributed by atoms with Crippen LogP contribution >= 0.6 is 11.6 Å². The molecule has 60 heavy (non-hydrogen) atoms. The maximum atomic E-state index is 13.1. The van der Waals surface area contributed by atoms with Crippen LogP contribution in [-0.4, -0.2) is 84.4 Å². The number of nitrogens with zero attached hydrogens (tertiary/aromatic N) is 1. The van der Waals surface area contributed by atoms with E-state index in [1.165, 1.54) is 6.07 Å². The van der Waals surface area contributed by atoms with Gasteiger partial charge in [0, 0.05) is 56.3 Å². The maximum Gasteiger partial charge on any atom is 0.411 e. The first-order chi connectivity index (χ1) is 28.3. The SMILES string of the molecule is COc1cc(NC(=O)CCN2CCC(OC(=O)Nc3ccccc3-c3ccccc3)CC2)c(Cl)cc1CNC[C@H](O[Si](C)(C)C(C)(C)C)c1ccc(O)c(NS(C)(=O)=O)c1. The van der Waals surface area contributed by atoms with E-state index >= 15 is 0 Å². The molecule has 4 aromatic rings. The van der Waals surface area contributed by atoms with Gasteiger partial charge in [0.25, 0.3) is 0 Å². The Bertz CT molecular complexity index is 2210. The highest BCUT2D eigenvalue weighted by Gasteiger charge is 2.39. The zero-order valence-electron chi connectivity index (χ0n) is 35.4. The Morgan fingerprint density at radius 3 is 2.28 bits per heavy atom. The van der Waals surface area contributed by atoms with E-state index in [2.05, 4.69) is 59.4 Å². The van der Waals surface area contributed by atoms with Crippen molar-refractivity contribution in [1.82, 2.24) is 10.2 Å². The molecule has 1 heterocycles. The summed E-state index contributed by atoms with van der Waals surface area (Å²) in [7, 11) is -4.39. The van der Waals surface area contributed by atoms with Gasteiger partial charge in [-0.2, -0.15) is 0 Å². The molecule has 4 aromatic carbocycles. The van der Waals surface area contributed by atoms with Crippen molar-refractivity contribution in [3.05, 3.63) is 101 Å². The number of benzene rings is 4. The number of carbonyl (C=O) groups excluding carboxylic acids is 2. The molecule has 324 valence electrons. The lowest BCUT2D eigenvalue weighted by atomic mass is 10.0. The molecule has 2 amide bonds. The molecule has 5 N–H and O–H groups in total. The van der Waals surface area contributed by atoms with Crippen molar-refractivity contribution in [3.63, 3.8) is 0 Å². The van der Waals surface area contributed by atoms with E-state index in [4.69, 9.17) is 25.5 Å². The fraction of sp³-hybridized carbons (Fsp3) is 0.409. The van der Waals surface area contributed by atoms with Crippen LogP contribution in [0.1, 0.15) is 57.3 Å². The lowest BCUT2D eigenvalue weighted by Crippen LogP contribution is -2.43. The first kappa shape index (κ1) is 46.4. The van der Waals surface area contributed by atoms with Gasteiger partial charge >= 0.3 is 6.09 Å². The Morgan fingerprint density at radius 2 is 1.62 bits per heavy atom. The topological polar surface area (TPSA) is 168 Å². The molecular formula is C44H58ClN5O8SSi. The number of halogens is 1. The molecule has 5 rings (SSSR count). The van der Waals surface area contributed by atoms with E-state index < -0.39 is 30.5 Å². The molecule has 0 aliphatic carbocycles. The minimum absolute atomic E-state index is 0.0720. The number of sulfonamides is 1. The molecule has 0 spiro atoms. The summed E-state index contributed by atoms with van der Waals surface area (Å²) in [5.41, 5.74) is 4.57. The third-order valence-electron chi connectivity index (χ3n) is 10.9. The van der Waals surface area contributed by atoms with Crippen molar-refractivity contribution in [2.24, 2.45) is 0 Å². The highest BCUT2D eigenvalue weighted by atomic mass is 35.5. The van der Waals surface area contributed by atoms with Crippen LogP contribution < -0.4 is 25.4 Å². The molecule has 0 saturated carbocycles. The van der Waals surface area contributed by atoms with Crippen LogP contribution in [0.15, 0.2) is 84.9 Å². The fourth-order valence-electron chi connectivity index (χ4n) is 6.63. The number of piperidine rings is 1. The van der Waals surface area contributed by atoms with Crippen molar-refractivity contribution in [2.45, 2.75) is 76.9 Å². The van der Waals surface area contributed by atoms with Gasteiger partial charge in [0.2, 0.25) is 15.9 Å². The number of nitrogens with one attached hydrogen (secondary N) is 4. The van der Waals surface area contributed by atoms with Crippen LogP contribution in [0.3, 0.4) is 0 Å². The molecule has 0 bridgehead atoms. The summed E-state index contributed by atoms with van der Waals surface area (Å²) in [6, 6.07) is 25.7. The second-order valence-corrected chi connectivity index (χ2v) is 23.5. The first-order valence-electron chi connectivity index (χ1n) is 20.0. The predicted octanol–water partition coefficient (Wildman–Crippen LogP) is 8.99. The fourth-order valence-corrected chi connectivity index (χ4v) is 8.71. The van der Waals surface area contributed by atoms with Gasteiger partial charge in [0.1, 0.15) is 17.6 Å². The van der Waals surface area contributed by atoms with Gasteiger partial charge in [-0.15, -0.1) is 0 Å². The van der Waals surface area contributed by atoms with E-state index in [0.717, 1.165) is 22.9 Å². The Kier molecular flexibility index (Phi) is 15.7. The lowest BCUT2D eigenvalue weighted by Gasteiger charge is -2.39. The smallest absolute Gasteiger partial charge is 0.411 e. The number of methoxy groups -OCH3 is 1. The summed E-state index contributed by atoms with van der Waals surface area (Å²) in [6.07, 6.45) is 1.41. The number of ether oxygens (including phenoxy) is 2. The molecular weight excluding hydrogens is 822 g/mol. The molecule has 1 atom stereocenters. The molecule has 1 fully saturated rings. The number of anilines is 3. The summed E-state index contributed by atoms with van der Waals surface area (Å²) < 4.78 is 44.6. The summed E-state index contributed by atoms with van der Waals surface area (Å²) in [6.45, 7) is 13.3. The van der Waals surface area contributed by atoms with Crippen LogP contribution in [0.4, 0.5) is 21.9 Å². The number of likely N-dealkylation sites (tertiary alicyclic amines) is 1. The van der Waals surface area contributed by atoms with E-state index in [1.807, 2.05) is 54.6 Å². The monoisotopic (exact) mass is 879 g/mol. The molecule has 0 radical (unpaired) electrons. The summed E-state index contributed by atoms with van der Waals surface area (Å²) in [4.78, 5) is 28.1. The number of para-hydroxylation sites is 1. The Hall–Kier alpha value is -4.64. The summed E-state index contributed by atoms with van der Waals surface area (Å²) >= 11 is 6.71. The van der Waals surface area contributed by atoms with Gasteiger partial charge in [-0.1, -0.05) is 87.0 Å². The minimum Gasteiger partial charge on any atom is -0.506 e. The zero-order chi connectivity index (χ0) is 43.7. The first-order valence-corrected chi connectivity index (χ1v) is 25.2. The van der Waals surface area contributed by atoms with Gasteiger partial charge in [-0.25, -0.2) is 13.2 Å². The number of hydrogen-bond donors (Lipinski definition) is 5. The van der Waals surface area contributed by atoms with Crippen LogP contribution in [0.5, 0.6) is 11.5 Å². The van der Waals surface area contributed by atoms with Crippen molar-refractivity contribution in [2.75, 3.05) is 54.9 Å². The molecule has 13 nitrogen and oxygen atoms in total. The Balaban J connectivity index is 1.12. The quantitative estimate of drug-likeness (QED) is 0.0510. The van der Waals surface area contributed by atoms with Crippen molar-refractivity contribution in [3.8, 4) is 22.6 Å². The van der Waals surface area contributed by atoms with Crippen LogP contribution in [-0.2, 0) is 30.5 Å².